The lowest BCUT2D eigenvalue weighted by atomic mass is 9.86. The quantitative estimate of drug-likeness (QED) is 0.692. The summed E-state index contributed by atoms with van der Waals surface area (Å²) >= 11 is 0. The Kier molecular flexibility index (Phi) is 2.96. The van der Waals surface area contributed by atoms with E-state index in [4.69, 9.17) is 0 Å². The standard InChI is InChI=1S/C15H21N/c1-15(2,3)11-12-7-8-14-13(10-12)6-5-9-16(14)4/h7-8,10H,5,9,11H2,1-4H3. The van der Waals surface area contributed by atoms with Crippen molar-refractivity contribution in [3.8, 4) is 0 Å². The zero-order valence-electron chi connectivity index (χ0n) is 10.8. The van der Waals surface area contributed by atoms with Gasteiger partial charge in [-0.1, -0.05) is 32.9 Å². The maximum absolute atomic E-state index is 3.48. The molecule has 0 bridgehead atoms. The molecular formula is C15H21N. The molecule has 16 heavy (non-hydrogen) atoms. The summed E-state index contributed by atoms with van der Waals surface area (Å²) in [5.41, 5.74) is 4.39. The van der Waals surface area contributed by atoms with Gasteiger partial charge in [0.15, 0.2) is 0 Å². The third-order valence-electron chi connectivity index (χ3n) is 2.97. The topological polar surface area (TPSA) is 3.24 Å². The summed E-state index contributed by atoms with van der Waals surface area (Å²) in [5, 5.41) is 0. The molecule has 0 saturated heterocycles. The molecule has 0 N–H and O–H groups in total. The van der Waals surface area contributed by atoms with Crippen molar-refractivity contribution >= 4 is 5.69 Å². The Labute approximate surface area is 99.5 Å². The van der Waals surface area contributed by atoms with E-state index >= 15 is 0 Å². The fraction of sp³-hybridized carbons (Fsp3) is 0.533. The predicted octanol–water partition coefficient (Wildman–Crippen LogP) is 3.54. The lowest BCUT2D eigenvalue weighted by molar-refractivity contribution is 0.411. The van der Waals surface area contributed by atoms with Gasteiger partial charge in [-0.2, -0.15) is 0 Å². The summed E-state index contributed by atoms with van der Waals surface area (Å²) in [6.45, 7) is 7.94. The van der Waals surface area contributed by atoms with Crippen molar-refractivity contribution in [1.29, 1.82) is 0 Å². The van der Waals surface area contributed by atoms with Crippen LogP contribution in [0.25, 0.3) is 0 Å². The highest BCUT2D eigenvalue weighted by atomic mass is 15.1. The number of hydrogen-bond donors (Lipinski definition) is 0. The van der Waals surface area contributed by atoms with Crippen LogP contribution in [-0.4, -0.2) is 13.6 Å². The van der Waals surface area contributed by atoms with Crippen molar-refractivity contribution in [3.63, 3.8) is 0 Å². The Bertz CT molecular complexity index is 374. The van der Waals surface area contributed by atoms with Crippen LogP contribution in [-0.2, 0) is 6.42 Å². The molecule has 0 unspecified atom stereocenters. The van der Waals surface area contributed by atoms with E-state index in [0.717, 1.165) is 19.4 Å². The largest absolute Gasteiger partial charge is 0.374 e. The van der Waals surface area contributed by atoms with Gasteiger partial charge in [0.2, 0.25) is 0 Å². The molecule has 0 fully saturated rings. The van der Waals surface area contributed by atoms with Crippen LogP contribution in [0, 0.1) is 11.8 Å². The van der Waals surface area contributed by atoms with Gasteiger partial charge in [0.1, 0.15) is 0 Å². The molecule has 0 amide bonds. The molecule has 0 atom stereocenters. The highest BCUT2D eigenvalue weighted by molar-refractivity contribution is 5.59. The number of rotatable bonds is 1. The van der Waals surface area contributed by atoms with E-state index in [1.807, 2.05) is 0 Å². The van der Waals surface area contributed by atoms with E-state index in [1.54, 1.807) is 0 Å². The molecule has 0 aliphatic carbocycles. The van der Waals surface area contributed by atoms with Gasteiger partial charge in [-0.25, -0.2) is 0 Å². The van der Waals surface area contributed by atoms with Gasteiger partial charge in [-0.05, 0) is 35.4 Å². The van der Waals surface area contributed by atoms with E-state index < -0.39 is 0 Å². The van der Waals surface area contributed by atoms with Crippen molar-refractivity contribution in [3.05, 3.63) is 35.7 Å². The SMILES string of the molecule is CN1CC[C]c2cc(CC(C)(C)C)ccc21. The molecule has 1 heteroatoms. The number of benzene rings is 1. The Morgan fingerprint density at radius 1 is 1.31 bits per heavy atom. The highest BCUT2D eigenvalue weighted by Gasteiger charge is 2.16. The molecule has 0 aromatic heterocycles. The van der Waals surface area contributed by atoms with Crippen molar-refractivity contribution in [2.75, 3.05) is 18.5 Å². The molecule has 0 spiro atoms. The van der Waals surface area contributed by atoms with E-state index in [0.29, 0.717) is 5.41 Å². The second kappa shape index (κ2) is 4.12. The van der Waals surface area contributed by atoms with Crippen LogP contribution in [0.3, 0.4) is 0 Å². The average Bonchev–Trinajstić information content (AvgIpc) is 2.15. The molecule has 1 heterocycles. The van der Waals surface area contributed by atoms with Gasteiger partial charge in [0.05, 0.1) is 0 Å². The normalized spacial score (nSPS) is 16.1. The minimum Gasteiger partial charge on any atom is -0.374 e. The second-order valence-electron chi connectivity index (χ2n) is 5.94. The maximum Gasteiger partial charge on any atom is 0.0402 e. The zero-order valence-corrected chi connectivity index (χ0v) is 10.8. The van der Waals surface area contributed by atoms with Crippen molar-refractivity contribution < 1.29 is 0 Å². The summed E-state index contributed by atoms with van der Waals surface area (Å²) in [5.74, 6) is 0. The van der Waals surface area contributed by atoms with Crippen LogP contribution in [0.4, 0.5) is 5.69 Å². The second-order valence-corrected chi connectivity index (χ2v) is 5.94. The van der Waals surface area contributed by atoms with Crippen LogP contribution < -0.4 is 4.90 Å². The fourth-order valence-corrected chi connectivity index (χ4v) is 2.26. The van der Waals surface area contributed by atoms with Crippen molar-refractivity contribution in [2.24, 2.45) is 5.41 Å². The number of nitrogens with zero attached hydrogens (tertiary/aromatic N) is 1. The summed E-state index contributed by atoms with van der Waals surface area (Å²) in [7, 11) is 2.16. The Hall–Kier alpha value is -0.980. The van der Waals surface area contributed by atoms with Gasteiger partial charge >= 0.3 is 0 Å². The number of fused-ring (bicyclic) bond motifs is 1. The van der Waals surface area contributed by atoms with Crippen molar-refractivity contribution in [1.82, 2.24) is 0 Å². The lowest BCUT2D eigenvalue weighted by Gasteiger charge is -2.28. The van der Waals surface area contributed by atoms with Gasteiger partial charge < -0.3 is 4.90 Å². The summed E-state index contributed by atoms with van der Waals surface area (Å²) in [6, 6.07) is 6.80. The number of anilines is 1. The molecule has 1 nitrogen and oxygen atoms in total. The third kappa shape index (κ3) is 2.58. The molecule has 86 valence electrons. The maximum atomic E-state index is 3.48. The van der Waals surface area contributed by atoms with E-state index in [1.165, 1.54) is 16.8 Å². The summed E-state index contributed by atoms with van der Waals surface area (Å²) in [4.78, 5) is 2.31. The van der Waals surface area contributed by atoms with Gasteiger partial charge in [0.25, 0.3) is 0 Å². The van der Waals surface area contributed by atoms with Crippen LogP contribution in [0.2, 0.25) is 0 Å². The zero-order chi connectivity index (χ0) is 11.8. The highest BCUT2D eigenvalue weighted by Crippen LogP contribution is 2.30. The molecule has 1 aliphatic rings. The monoisotopic (exact) mass is 215 g/mol. The minimum absolute atomic E-state index is 0.356. The van der Waals surface area contributed by atoms with Crippen LogP contribution >= 0.6 is 0 Å². The van der Waals surface area contributed by atoms with Crippen LogP contribution in [0.1, 0.15) is 38.3 Å². The molecule has 1 aliphatic heterocycles. The molecule has 1 aromatic rings. The van der Waals surface area contributed by atoms with Gasteiger partial charge in [0, 0.05) is 25.7 Å². The van der Waals surface area contributed by atoms with E-state index in [9.17, 15) is 0 Å². The smallest absolute Gasteiger partial charge is 0.0402 e. The summed E-state index contributed by atoms with van der Waals surface area (Å²) in [6.07, 6.45) is 5.65. The number of hydrogen-bond acceptors (Lipinski definition) is 1. The summed E-state index contributed by atoms with van der Waals surface area (Å²) < 4.78 is 0. The average molecular weight is 215 g/mol. The molecular weight excluding hydrogens is 194 g/mol. The Morgan fingerprint density at radius 2 is 2.06 bits per heavy atom. The Balaban J connectivity index is 2.25. The predicted molar refractivity (Wildman–Crippen MR) is 69.8 cm³/mol. The first-order valence-corrected chi connectivity index (χ1v) is 6.04. The Morgan fingerprint density at radius 3 is 2.75 bits per heavy atom. The molecule has 2 radical (unpaired) electrons. The first-order chi connectivity index (χ1) is 7.46. The molecule has 0 saturated carbocycles. The van der Waals surface area contributed by atoms with Crippen LogP contribution in [0.5, 0.6) is 0 Å². The third-order valence-corrected chi connectivity index (χ3v) is 2.97. The molecule has 2 rings (SSSR count). The first kappa shape index (κ1) is 11.5. The van der Waals surface area contributed by atoms with Crippen molar-refractivity contribution in [2.45, 2.75) is 33.6 Å². The van der Waals surface area contributed by atoms with E-state index in [-0.39, 0.29) is 0 Å². The first-order valence-electron chi connectivity index (χ1n) is 6.04. The van der Waals surface area contributed by atoms with E-state index in [2.05, 4.69) is 57.3 Å². The lowest BCUT2D eigenvalue weighted by Crippen LogP contribution is -2.24. The van der Waals surface area contributed by atoms with Gasteiger partial charge in [-0.3, -0.25) is 0 Å². The molecule has 1 aromatic carbocycles. The van der Waals surface area contributed by atoms with Gasteiger partial charge in [-0.15, -0.1) is 0 Å². The minimum atomic E-state index is 0.356. The van der Waals surface area contributed by atoms with Crippen LogP contribution in [0.15, 0.2) is 18.2 Å². The fourth-order valence-electron chi connectivity index (χ4n) is 2.26.